The smallest absolute Gasteiger partial charge is 0.144 e. The third-order valence-electron chi connectivity index (χ3n) is 1.56. The Morgan fingerprint density at radius 3 is 3.30 bits per heavy atom. The Morgan fingerprint density at radius 2 is 2.50 bits per heavy atom. The predicted molar refractivity (Wildman–Crippen MR) is 38.8 cm³/mol. The van der Waals surface area contributed by atoms with Crippen molar-refractivity contribution in [3.8, 4) is 0 Å². The van der Waals surface area contributed by atoms with E-state index in [0.717, 1.165) is 5.65 Å². The Balaban J connectivity index is 2.95. The first kappa shape index (κ1) is 5.47. The number of hydrogen-bond donors (Lipinski definition) is 0. The number of nitrogens with zero attached hydrogens (tertiary/aromatic N) is 2. The van der Waals surface area contributed by atoms with Gasteiger partial charge in [-0.25, -0.2) is 4.98 Å². The van der Waals surface area contributed by atoms with E-state index in [1.54, 1.807) is 6.20 Å². The zero-order chi connectivity index (χ0) is 6.97. The van der Waals surface area contributed by atoms with Crippen LogP contribution >= 0.6 is 0 Å². The van der Waals surface area contributed by atoms with E-state index in [-0.39, 0.29) is 0 Å². The van der Waals surface area contributed by atoms with Gasteiger partial charge in [0.15, 0.2) is 0 Å². The molecule has 0 N–H and O–H groups in total. The van der Waals surface area contributed by atoms with Crippen LogP contribution in [0.4, 0.5) is 0 Å². The van der Waals surface area contributed by atoms with Gasteiger partial charge in [0, 0.05) is 24.2 Å². The summed E-state index contributed by atoms with van der Waals surface area (Å²) >= 11 is 0. The average molecular weight is 131 g/mol. The van der Waals surface area contributed by atoms with Gasteiger partial charge in [0.25, 0.3) is 0 Å². The number of rotatable bonds is 0. The summed E-state index contributed by atoms with van der Waals surface area (Å²) in [6.07, 6.45) is 3.71. The van der Waals surface area contributed by atoms with E-state index < -0.39 is 0 Å². The minimum absolute atomic E-state index is 0.889. The van der Waals surface area contributed by atoms with Gasteiger partial charge in [-0.3, -0.25) is 0 Å². The van der Waals surface area contributed by atoms with Crippen molar-refractivity contribution in [2.24, 2.45) is 0 Å². The first-order chi connectivity index (χ1) is 4.88. The van der Waals surface area contributed by atoms with Gasteiger partial charge in [0.1, 0.15) is 5.65 Å². The molecular weight excluding hydrogens is 124 g/mol. The lowest BCUT2D eigenvalue weighted by Gasteiger charge is -1.95. The molecule has 0 saturated carbocycles. The quantitative estimate of drug-likeness (QED) is 0.529. The molecule has 0 aromatic carbocycles. The number of aromatic nitrogens is 2. The van der Waals surface area contributed by atoms with E-state index >= 15 is 0 Å². The third-order valence-corrected chi connectivity index (χ3v) is 1.56. The van der Waals surface area contributed by atoms with Crippen LogP contribution in [-0.2, 0) is 0 Å². The van der Waals surface area contributed by atoms with E-state index in [1.807, 2.05) is 29.7 Å². The number of imidazole rings is 1. The Hall–Kier alpha value is -1.31. The lowest BCUT2D eigenvalue weighted by molar-refractivity contribution is 1.09. The van der Waals surface area contributed by atoms with E-state index in [0.29, 0.717) is 0 Å². The molecule has 0 fully saturated rings. The molecule has 0 bridgehead atoms. The number of hydrogen-bond acceptors (Lipinski definition) is 1. The molecule has 0 unspecified atom stereocenters. The highest BCUT2D eigenvalue weighted by Crippen LogP contribution is 2.02. The Labute approximate surface area is 59.1 Å². The molecule has 10 heavy (non-hydrogen) atoms. The number of pyridine rings is 1. The first-order valence-corrected chi connectivity index (χ1v) is 3.18. The molecule has 1 radical (unpaired) electrons. The fraction of sp³-hybridized carbons (Fsp3) is 0.125. The second-order valence-electron chi connectivity index (χ2n) is 2.24. The molecule has 2 aromatic heterocycles. The van der Waals surface area contributed by atoms with Crippen LogP contribution < -0.4 is 0 Å². The molecule has 2 heteroatoms. The molecule has 2 rings (SSSR count). The molecular formula is C8H7N2. The standard InChI is InChI=1S/C8H7N2/c1-7-3-2-4-8-9-5-6-10(7)8/h2-3,5-6H,1H3. The zero-order valence-electron chi connectivity index (χ0n) is 5.70. The minimum Gasteiger partial charge on any atom is -0.304 e. The highest BCUT2D eigenvalue weighted by atomic mass is 15.0. The zero-order valence-corrected chi connectivity index (χ0v) is 5.70. The number of fused-ring (bicyclic) bond motifs is 1. The van der Waals surface area contributed by atoms with Gasteiger partial charge in [-0.1, -0.05) is 0 Å². The van der Waals surface area contributed by atoms with Gasteiger partial charge in [0.2, 0.25) is 0 Å². The van der Waals surface area contributed by atoms with Gasteiger partial charge < -0.3 is 4.40 Å². The van der Waals surface area contributed by atoms with Crippen LogP contribution in [0.25, 0.3) is 5.65 Å². The van der Waals surface area contributed by atoms with Crippen molar-refractivity contribution in [2.75, 3.05) is 0 Å². The molecule has 49 valence electrons. The van der Waals surface area contributed by atoms with Crippen LogP contribution in [0.15, 0.2) is 24.5 Å². The van der Waals surface area contributed by atoms with Crippen molar-refractivity contribution in [3.05, 3.63) is 36.3 Å². The van der Waals surface area contributed by atoms with Crippen LogP contribution in [-0.4, -0.2) is 9.38 Å². The van der Waals surface area contributed by atoms with Crippen molar-refractivity contribution in [1.29, 1.82) is 0 Å². The summed E-state index contributed by atoms with van der Waals surface area (Å²) in [6, 6.07) is 6.92. The fourth-order valence-electron chi connectivity index (χ4n) is 1.01. The predicted octanol–water partition coefficient (Wildman–Crippen LogP) is 1.44. The summed E-state index contributed by atoms with van der Waals surface area (Å²) in [5, 5.41) is 0. The molecule has 0 saturated heterocycles. The van der Waals surface area contributed by atoms with Crippen LogP contribution in [0.1, 0.15) is 5.69 Å². The van der Waals surface area contributed by atoms with E-state index in [2.05, 4.69) is 11.1 Å². The van der Waals surface area contributed by atoms with Crippen molar-refractivity contribution >= 4 is 5.65 Å². The van der Waals surface area contributed by atoms with Crippen molar-refractivity contribution in [3.63, 3.8) is 0 Å². The van der Waals surface area contributed by atoms with Crippen LogP contribution in [0, 0.1) is 13.0 Å². The maximum atomic E-state index is 4.09. The van der Waals surface area contributed by atoms with Crippen molar-refractivity contribution in [1.82, 2.24) is 9.38 Å². The summed E-state index contributed by atoms with van der Waals surface area (Å²) in [6.45, 7) is 2.04. The molecule has 0 aliphatic carbocycles. The van der Waals surface area contributed by atoms with Gasteiger partial charge in [-0.2, -0.15) is 0 Å². The maximum Gasteiger partial charge on any atom is 0.144 e. The van der Waals surface area contributed by atoms with Gasteiger partial charge in [0.05, 0.1) is 0 Å². The lowest BCUT2D eigenvalue weighted by Crippen LogP contribution is -1.87. The summed E-state index contributed by atoms with van der Waals surface area (Å²) in [7, 11) is 0. The Kier molecular flexibility index (Phi) is 1.01. The van der Waals surface area contributed by atoms with Gasteiger partial charge in [-0.05, 0) is 19.1 Å². The van der Waals surface area contributed by atoms with E-state index in [9.17, 15) is 0 Å². The largest absolute Gasteiger partial charge is 0.304 e. The second-order valence-corrected chi connectivity index (χ2v) is 2.24. The Bertz CT molecular complexity index is 349. The molecule has 2 nitrogen and oxygen atoms in total. The monoisotopic (exact) mass is 131 g/mol. The SMILES string of the molecule is Cc1cc[c]c2nccn12. The van der Waals surface area contributed by atoms with Gasteiger partial charge >= 0.3 is 0 Å². The van der Waals surface area contributed by atoms with Crippen LogP contribution in [0.5, 0.6) is 0 Å². The number of aryl methyl sites for hydroxylation is 1. The van der Waals surface area contributed by atoms with Crippen LogP contribution in [0.2, 0.25) is 0 Å². The second kappa shape index (κ2) is 1.84. The van der Waals surface area contributed by atoms with Crippen LogP contribution in [0.3, 0.4) is 0 Å². The molecule has 0 aliphatic rings. The maximum absolute atomic E-state index is 4.09. The normalized spacial score (nSPS) is 10.5. The highest BCUT2D eigenvalue weighted by Gasteiger charge is 1.92. The van der Waals surface area contributed by atoms with Crippen molar-refractivity contribution in [2.45, 2.75) is 6.92 Å². The molecule has 0 atom stereocenters. The Morgan fingerprint density at radius 1 is 1.60 bits per heavy atom. The topological polar surface area (TPSA) is 17.3 Å². The summed E-state index contributed by atoms with van der Waals surface area (Å²) in [5.41, 5.74) is 2.08. The third kappa shape index (κ3) is 0.620. The fourth-order valence-corrected chi connectivity index (χ4v) is 1.01. The lowest BCUT2D eigenvalue weighted by atomic mass is 10.4. The summed E-state index contributed by atoms with van der Waals surface area (Å²) in [4.78, 5) is 4.09. The molecule has 0 spiro atoms. The summed E-state index contributed by atoms with van der Waals surface area (Å²) in [5.74, 6) is 0. The van der Waals surface area contributed by atoms with Crippen molar-refractivity contribution < 1.29 is 0 Å². The highest BCUT2D eigenvalue weighted by molar-refractivity contribution is 5.37. The van der Waals surface area contributed by atoms with Gasteiger partial charge in [-0.15, -0.1) is 0 Å². The average Bonchev–Trinajstić information content (AvgIpc) is 2.36. The molecule has 2 heterocycles. The minimum atomic E-state index is 0.889. The summed E-state index contributed by atoms with van der Waals surface area (Å²) < 4.78 is 2.00. The first-order valence-electron chi connectivity index (χ1n) is 3.18. The van der Waals surface area contributed by atoms with E-state index in [1.165, 1.54) is 5.69 Å². The molecule has 2 aromatic rings. The molecule has 0 aliphatic heterocycles. The van der Waals surface area contributed by atoms with E-state index in [4.69, 9.17) is 0 Å². The molecule has 0 amide bonds.